The molecular formula is C16H19N3O2S. The highest BCUT2D eigenvalue weighted by atomic mass is 32.1. The van der Waals surface area contributed by atoms with Crippen LogP contribution in [0, 0.1) is 0 Å². The van der Waals surface area contributed by atoms with E-state index < -0.39 is 0 Å². The number of ether oxygens (including phenoxy) is 1. The summed E-state index contributed by atoms with van der Waals surface area (Å²) in [6.07, 6.45) is 0.937. The zero-order valence-electron chi connectivity index (χ0n) is 12.7. The number of nitrogens with zero attached hydrogens (tertiary/aromatic N) is 1. The lowest BCUT2D eigenvalue weighted by atomic mass is 10.1. The van der Waals surface area contributed by atoms with Crippen LogP contribution in [0.25, 0.3) is 0 Å². The van der Waals surface area contributed by atoms with Crippen LogP contribution in [0.5, 0.6) is 5.75 Å². The van der Waals surface area contributed by atoms with Crippen LogP contribution in [0.4, 0.5) is 5.69 Å². The normalized spacial score (nSPS) is 15.0. The van der Waals surface area contributed by atoms with E-state index >= 15 is 0 Å². The molecule has 0 radical (unpaired) electrons. The van der Waals surface area contributed by atoms with Crippen molar-refractivity contribution in [2.24, 2.45) is 0 Å². The van der Waals surface area contributed by atoms with Crippen molar-refractivity contribution in [1.82, 2.24) is 10.3 Å². The maximum absolute atomic E-state index is 12.5. The first-order valence-corrected chi connectivity index (χ1v) is 8.13. The predicted molar refractivity (Wildman–Crippen MR) is 87.6 cm³/mol. The molecule has 0 saturated carbocycles. The number of hydrogen-bond donors (Lipinski definition) is 2. The van der Waals surface area contributed by atoms with Gasteiger partial charge in [-0.25, -0.2) is 4.98 Å². The van der Waals surface area contributed by atoms with Gasteiger partial charge in [-0.3, -0.25) is 4.79 Å². The topological polar surface area (TPSA) is 63.2 Å². The van der Waals surface area contributed by atoms with Crippen molar-refractivity contribution in [3.05, 3.63) is 39.8 Å². The van der Waals surface area contributed by atoms with E-state index in [4.69, 9.17) is 4.74 Å². The van der Waals surface area contributed by atoms with Crippen LogP contribution in [0.1, 0.15) is 28.4 Å². The van der Waals surface area contributed by atoms with Gasteiger partial charge in [-0.05, 0) is 19.1 Å². The van der Waals surface area contributed by atoms with E-state index in [0.717, 1.165) is 30.2 Å². The Labute approximate surface area is 133 Å². The number of rotatable bonds is 4. The molecule has 1 aromatic carbocycles. The highest BCUT2D eigenvalue weighted by molar-refractivity contribution is 7.12. The summed E-state index contributed by atoms with van der Waals surface area (Å²) in [5, 5.41) is 7.13. The molecule has 5 nitrogen and oxygen atoms in total. The van der Waals surface area contributed by atoms with Crippen LogP contribution in [0.3, 0.4) is 0 Å². The van der Waals surface area contributed by atoms with Crippen molar-refractivity contribution >= 4 is 22.9 Å². The summed E-state index contributed by atoms with van der Waals surface area (Å²) in [7, 11) is 1.59. The van der Waals surface area contributed by atoms with Crippen LogP contribution in [-0.4, -0.2) is 24.5 Å². The summed E-state index contributed by atoms with van der Waals surface area (Å²) >= 11 is 1.63. The fraction of sp³-hybridized carbons (Fsp3) is 0.375. The quantitative estimate of drug-likeness (QED) is 0.909. The molecule has 0 fully saturated rings. The van der Waals surface area contributed by atoms with E-state index in [1.165, 1.54) is 4.88 Å². The summed E-state index contributed by atoms with van der Waals surface area (Å²) in [5.41, 5.74) is 1.82. The molecule has 2 aromatic rings. The summed E-state index contributed by atoms with van der Waals surface area (Å²) in [6, 6.07) is 7.41. The summed E-state index contributed by atoms with van der Waals surface area (Å²) < 4.78 is 5.26. The van der Waals surface area contributed by atoms with Crippen LogP contribution in [0.15, 0.2) is 24.3 Å². The van der Waals surface area contributed by atoms with Crippen LogP contribution < -0.4 is 15.4 Å². The number of carbonyl (C=O) groups is 1. The Kier molecular flexibility index (Phi) is 4.40. The number of hydrogen-bond acceptors (Lipinski definition) is 5. The monoisotopic (exact) mass is 317 g/mol. The molecule has 2 heterocycles. The van der Waals surface area contributed by atoms with Gasteiger partial charge in [0.05, 0.1) is 24.4 Å². The lowest BCUT2D eigenvalue weighted by Crippen LogP contribution is -2.22. The number of fused-ring (bicyclic) bond motifs is 1. The van der Waals surface area contributed by atoms with Crippen molar-refractivity contribution in [2.75, 3.05) is 19.0 Å². The van der Waals surface area contributed by atoms with Crippen molar-refractivity contribution in [3.63, 3.8) is 0 Å². The molecule has 22 heavy (non-hydrogen) atoms. The third kappa shape index (κ3) is 2.98. The molecule has 116 valence electrons. The Balaban J connectivity index is 1.75. The Morgan fingerprint density at radius 3 is 3.05 bits per heavy atom. The fourth-order valence-electron chi connectivity index (χ4n) is 2.43. The maximum Gasteiger partial charge on any atom is 0.234 e. The van der Waals surface area contributed by atoms with Gasteiger partial charge in [0, 0.05) is 24.4 Å². The standard InChI is InChI=1S/C16H19N3O2S/c1-10(16-19-12-7-8-17-9-14(12)22-16)15(20)18-11-5-3-4-6-13(11)21-2/h3-6,10,17H,7-9H2,1-2H3,(H,18,20). The van der Waals surface area contributed by atoms with Crippen molar-refractivity contribution in [1.29, 1.82) is 0 Å². The molecule has 1 atom stereocenters. The average molecular weight is 317 g/mol. The molecule has 0 saturated heterocycles. The first-order chi connectivity index (χ1) is 10.7. The zero-order chi connectivity index (χ0) is 15.5. The number of amides is 1. The lowest BCUT2D eigenvalue weighted by molar-refractivity contribution is -0.117. The van der Waals surface area contributed by atoms with Crippen LogP contribution in [0.2, 0.25) is 0 Å². The largest absolute Gasteiger partial charge is 0.495 e. The minimum absolute atomic E-state index is 0.0662. The molecule has 6 heteroatoms. The van der Waals surface area contributed by atoms with E-state index in [1.54, 1.807) is 18.4 Å². The van der Waals surface area contributed by atoms with Gasteiger partial charge < -0.3 is 15.4 Å². The maximum atomic E-state index is 12.5. The predicted octanol–water partition coefficient (Wildman–Crippen LogP) is 2.54. The second-order valence-corrected chi connectivity index (χ2v) is 6.38. The molecule has 1 amide bonds. The van der Waals surface area contributed by atoms with E-state index in [-0.39, 0.29) is 11.8 Å². The lowest BCUT2D eigenvalue weighted by Gasteiger charge is -2.12. The second kappa shape index (κ2) is 6.46. The van der Waals surface area contributed by atoms with E-state index in [2.05, 4.69) is 15.6 Å². The van der Waals surface area contributed by atoms with Gasteiger partial charge in [0.15, 0.2) is 0 Å². The highest BCUT2D eigenvalue weighted by Gasteiger charge is 2.23. The van der Waals surface area contributed by atoms with E-state index in [1.807, 2.05) is 31.2 Å². The van der Waals surface area contributed by atoms with Crippen molar-refractivity contribution in [2.45, 2.75) is 25.8 Å². The van der Waals surface area contributed by atoms with Gasteiger partial charge in [0.2, 0.25) is 5.91 Å². The summed E-state index contributed by atoms with van der Waals surface area (Å²) in [6.45, 7) is 3.70. The number of aromatic nitrogens is 1. The number of anilines is 1. The minimum atomic E-state index is -0.277. The molecule has 3 rings (SSSR count). The third-order valence-electron chi connectivity index (χ3n) is 3.75. The van der Waals surface area contributed by atoms with Crippen molar-refractivity contribution in [3.8, 4) is 5.75 Å². The number of carbonyl (C=O) groups excluding carboxylic acids is 1. The molecule has 0 spiro atoms. The molecule has 1 aliphatic rings. The van der Waals surface area contributed by atoms with E-state index in [9.17, 15) is 4.79 Å². The zero-order valence-corrected chi connectivity index (χ0v) is 13.5. The Morgan fingerprint density at radius 1 is 1.45 bits per heavy atom. The van der Waals surface area contributed by atoms with Crippen LogP contribution in [-0.2, 0) is 17.8 Å². The Morgan fingerprint density at radius 2 is 2.27 bits per heavy atom. The van der Waals surface area contributed by atoms with Gasteiger partial charge in [0.25, 0.3) is 0 Å². The minimum Gasteiger partial charge on any atom is -0.495 e. The number of para-hydroxylation sites is 2. The number of nitrogens with one attached hydrogen (secondary N) is 2. The van der Waals surface area contributed by atoms with Gasteiger partial charge in [-0.1, -0.05) is 12.1 Å². The average Bonchev–Trinajstić information content (AvgIpc) is 2.98. The summed E-state index contributed by atoms with van der Waals surface area (Å²) in [5.74, 6) is 0.315. The molecule has 1 aliphatic heterocycles. The van der Waals surface area contributed by atoms with Crippen LogP contribution >= 0.6 is 11.3 Å². The van der Waals surface area contributed by atoms with Gasteiger partial charge >= 0.3 is 0 Å². The molecule has 1 aromatic heterocycles. The smallest absolute Gasteiger partial charge is 0.234 e. The second-order valence-electron chi connectivity index (χ2n) is 5.26. The van der Waals surface area contributed by atoms with Crippen molar-refractivity contribution < 1.29 is 9.53 Å². The Bertz CT molecular complexity index is 660. The fourth-order valence-corrected chi connectivity index (χ4v) is 3.56. The van der Waals surface area contributed by atoms with Gasteiger partial charge in [-0.2, -0.15) is 0 Å². The Hall–Kier alpha value is -1.92. The number of thiazole rings is 1. The van der Waals surface area contributed by atoms with Gasteiger partial charge in [-0.15, -0.1) is 11.3 Å². The highest BCUT2D eigenvalue weighted by Crippen LogP contribution is 2.29. The molecule has 0 bridgehead atoms. The molecule has 2 N–H and O–H groups in total. The summed E-state index contributed by atoms with van der Waals surface area (Å²) in [4.78, 5) is 18.4. The van der Waals surface area contributed by atoms with Gasteiger partial charge in [0.1, 0.15) is 10.8 Å². The SMILES string of the molecule is COc1ccccc1NC(=O)C(C)c1nc2c(s1)CNCC2. The first-order valence-electron chi connectivity index (χ1n) is 7.32. The molecule has 0 aliphatic carbocycles. The third-order valence-corrected chi connectivity index (χ3v) is 5.03. The first kappa shape index (κ1) is 15.0. The molecule has 1 unspecified atom stereocenters. The van der Waals surface area contributed by atoms with E-state index in [0.29, 0.717) is 11.4 Å². The number of benzene rings is 1. The molecular weight excluding hydrogens is 298 g/mol. The number of methoxy groups -OCH3 is 1.